The van der Waals surface area contributed by atoms with E-state index in [2.05, 4.69) is 5.32 Å². The van der Waals surface area contributed by atoms with Crippen LogP contribution in [-0.2, 0) is 9.59 Å². The molecular formula is C25H26N2O7. The standard InChI is InChI=1S/C25H26N2O7/c1-3-8-34-17-6-4-14(5-7-17)15-9-19-24(21(28)11-15)18(13-23(29)26-19)16-10-20(27(31)32)25(30)22(12-16)33-2/h4-7,10,12,15,18,30H,3,8-9,11,13H2,1-2H3,(H,26,29). The van der Waals surface area contributed by atoms with E-state index in [-0.39, 0.29) is 36.2 Å². The summed E-state index contributed by atoms with van der Waals surface area (Å²) in [5.74, 6) is -1.05. The maximum atomic E-state index is 13.3. The van der Waals surface area contributed by atoms with Crippen molar-refractivity contribution in [2.75, 3.05) is 13.7 Å². The zero-order valence-corrected chi connectivity index (χ0v) is 19.0. The molecule has 0 aromatic heterocycles. The number of benzene rings is 2. The molecule has 0 fully saturated rings. The van der Waals surface area contributed by atoms with E-state index in [1.807, 2.05) is 31.2 Å². The van der Waals surface area contributed by atoms with Crippen molar-refractivity contribution in [2.24, 2.45) is 0 Å². The first kappa shape index (κ1) is 23.3. The SMILES string of the molecule is CCCOc1ccc(C2CC(=O)C3=C(C2)NC(=O)CC3c2cc(OC)c(O)c([N+](=O)[O-])c2)cc1. The van der Waals surface area contributed by atoms with Crippen LogP contribution in [0.15, 0.2) is 47.7 Å². The van der Waals surface area contributed by atoms with Crippen LogP contribution in [0.4, 0.5) is 5.69 Å². The van der Waals surface area contributed by atoms with Gasteiger partial charge in [0.05, 0.1) is 18.6 Å². The zero-order chi connectivity index (χ0) is 24.4. The molecule has 0 bridgehead atoms. The molecule has 9 heteroatoms. The van der Waals surface area contributed by atoms with Crippen LogP contribution in [0, 0.1) is 10.1 Å². The molecule has 178 valence electrons. The highest BCUT2D eigenvalue weighted by Gasteiger charge is 2.39. The number of nitrogens with one attached hydrogen (secondary N) is 1. The van der Waals surface area contributed by atoms with Crippen molar-refractivity contribution in [1.82, 2.24) is 5.32 Å². The van der Waals surface area contributed by atoms with Crippen LogP contribution in [-0.4, -0.2) is 35.4 Å². The molecular weight excluding hydrogens is 440 g/mol. The summed E-state index contributed by atoms with van der Waals surface area (Å²) in [5.41, 5.74) is 1.83. The topological polar surface area (TPSA) is 128 Å². The Bertz CT molecular complexity index is 1170. The third-order valence-corrected chi connectivity index (χ3v) is 6.26. The van der Waals surface area contributed by atoms with Crippen molar-refractivity contribution in [3.63, 3.8) is 0 Å². The number of methoxy groups -OCH3 is 1. The second-order valence-corrected chi connectivity index (χ2v) is 8.49. The fraction of sp³-hybridized carbons (Fsp3) is 0.360. The predicted octanol–water partition coefficient (Wildman–Crippen LogP) is 4.10. The number of nitrogens with zero attached hydrogens (tertiary/aromatic N) is 1. The Morgan fingerprint density at radius 1 is 1.12 bits per heavy atom. The van der Waals surface area contributed by atoms with Gasteiger partial charge in [0.15, 0.2) is 11.5 Å². The van der Waals surface area contributed by atoms with Crippen molar-refractivity contribution in [1.29, 1.82) is 0 Å². The van der Waals surface area contributed by atoms with Gasteiger partial charge in [-0.05, 0) is 48.1 Å². The van der Waals surface area contributed by atoms with Gasteiger partial charge in [0, 0.05) is 36.1 Å². The largest absolute Gasteiger partial charge is 0.500 e. The van der Waals surface area contributed by atoms with Crippen molar-refractivity contribution in [3.05, 3.63) is 68.9 Å². The molecule has 1 amide bonds. The fourth-order valence-corrected chi connectivity index (χ4v) is 4.65. The number of amides is 1. The van der Waals surface area contributed by atoms with Crippen molar-refractivity contribution in [3.8, 4) is 17.2 Å². The molecule has 1 aliphatic carbocycles. The summed E-state index contributed by atoms with van der Waals surface area (Å²) in [6, 6.07) is 10.3. The minimum Gasteiger partial charge on any atom is -0.500 e. The van der Waals surface area contributed by atoms with Crippen LogP contribution >= 0.6 is 0 Å². The average Bonchev–Trinajstić information content (AvgIpc) is 2.82. The summed E-state index contributed by atoms with van der Waals surface area (Å²) in [6.45, 7) is 2.66. The van der Waals surface area contributed by atoms with E-state index in [0.29, 0.717) is 29.9 Å². The van der Waals surface area contributed by atoms with Gasteiger partial charge in [0.2, 0.25) is 11.7 Å². The lowest BCUT2D eigenvalue weighted by atomic mass is 9.73. The van der Waals surface area contributed by atoms with E-state index in [1.54, 1.807) is 0 Å². The van der Waals surface area contributed by atoms with Gasteiger partial charge in [-0.2, -0.15) is 0 Å². The van der Waals surface area contributed by atoms with Gasteiger partial charge in [0.1, 0.15) is 5.75 Å². The van der Waals surface area contributed by atoms with E-state index in [4.69, 9.17) is 9.47 Å². The van der Waals surface area contributed by atoms with Crippen molar-refractivity contribution < 1.29 is 29.1 Å². The Morgan fingerprint density at radius 2 is 1.85 bits per heavy atom. The molecule has 2 N–H and O–H groups in total. The van der Waals surface area contributed by atoms with E-state index in [0.717, 1.165) is 17.7 Å². The number of allylic oxidation sites excluding steroid dienone is 2. The minimum absolute atomic E-state index is 0.0240. The molecule has 2 aliphatic rings. The van der Waals surface area contributed by atoms with Crippen LogP contribution in [0.25, 0.3) is 0 Å². The normalized spacial score (nSPS) is 19.9. The Hall–Kier alpha value is -3.88. The molecule has 0 radical (unpaired) electrons. The van der Waals surface area contributed by atoms with E-state index < -0.39 is 22.3 Å². The molecule has 1 heterocycles. The first-order chi connectivity index (χ1) is 16.3. The number of hydrogen-bond acceptors (Lipinski definition) is 7. The number of nitro benzene ring substituents is 1. The Kier molecular flexibility index (Phi) is 6.54. The number of hydrogen-bond donors (Lipinski definition) is 2. The third kappa shape index (κ3) is 4.46. The number of rotatable bonds is 7. The molecule has 1 aliphatic heterocycles. The summed E-state index contributed by atoms with van der Waals surface area (Å²) in [5, 5.41) is 24.4. The number of carbonyl (C=O) groups excluding carboxylic acids is 2. The molecule has 2 aromatic carbocycles. The molecule has 0 saturated heterocycles. The minimum atomic E-state index is -0.716. The van der Waals surface area contributed by atoms with E-state index in [1.165, 1.54) is 19.2 Å². The Balaban J connectivity index is 1.68. The molecule has 0 saturated carbocycles. The number of carbonyl (C=O) groups is 2. The maximum absolute atomic E-state index is 13.3. The second-order valence-electron chi connectivity index (χ2n) is 8.49. The predicted molar refractivity (Wildman–Crippen MR) is 123 cm³/mol. The first-order valence-corrected chi connectivity index (χ1v) is 11.2. The van der Waals surface area contributed by atoms with Crippen LogP contribution < -0.4 is 14.8 Å². The third-order valence-electron chi connectivity index (χ3n) is 6.26. The summed E-state index contributed by atoms with van der Waals surface area (Å²) in [4.78, 5) is 36.6. The molecule has 0 spiro atoms. The smallest absolute Gasteiger partial charge is 0.314 e. The molecule has 4 rings (SSSR count). The molecule has 2 atom stereocenters. The van der Waals surface area contributed by atoms with Crippen molar-refractivity contribution >= 4 is 17.4 Å². The zero-order valence-electron chi connectivity index (χ0n) is 19.0. The molecule has 2 aromatic rings. The van der Waals surface area contributed by atoms with Gasteiger partial charge in [-0.15, -0.1) is 0 Å². The van der Waals surface area contributed by atoms with Crippen molar-refractivity contribution in [2.45, 2.75) is 44.4 Å². The summed E-state index contributed by atoms with van der Waals surface area (Å²) >= 11 is 0. The lowest BCUT2D eigenvalue weighted by Crippen LogP contribution is -2.38. The number of ether oxygens (including phenoxy) is 2. The first-order valence-electron chi connectivity index (χ1n) is 11.2. The van der Waals surface area contributed by atoms with E-state index >= 15 is 0 Å². The van der Waals surface area contributed by atoms with Crippen LogP contribution in [0.3, 0.4) is 0 Å². The number of phenolic OH excluding ortho intramolecular Hbond substituents is 1. The van der Waals surface area contributed by atoms with Gasteiger partial charge >= 0.3 is 5.69 Å². The Morgan fingerprint density at radius 3 is 2.50 bits per heavy atom. The highest BCUT2D eigenvalue weighted by Crippen LogP contribution is 2.46. The van der Waals surface area contributed by atoms with Gasteiger partial charge in [-0.25, -0.2) is 0 Å². The maximum Gasteiger partial charge on any atom is 0.314 e. The van der Waals surface area contributed by atoms with Crippen LogP contribution in [0.2, 0.25) is 0 Å². The number of ketones is 1. The number of aromatic hydroxyl groups is 1. The number of phenols is 1. The van der Waals surface area contributed by atoms with Crippen LogP contribution in [0.1, 0.15) is 55.6 Å². The van der Waals surface area contributed by atoms with E-state index in [9.17, 15) is 24.8 Å². The molecule has 9 nitrogen and oxygen atoms in total. The quantitative estimate of drug-likeness (QED) is 0.464. The fourth-order valence-electron chi connectivity index (χ4n) is 4.65. The summed E-state index contributed by atoms with van der Waals surface area (Å²) in [6.07, 6.45) is 1.62. The number of Topliss-reactive ketones (excluding diaryl/α,β-unsaturated/α-hetero) is 1. The van der Waals surface area contributed by atoms with Gasteiger partial charge in [-0.1, -0.05) is 19.1 Å². The number of nitro groups is 1. The monoisotopic (exact) mass is 466 g/mol. The lowest BCUT2D eigenvalue weighted by Gasteiger charge is -2.34. The molecule has 2 unspecified atom stereocenters. The molecule has 34 heavy (non-hydrogen) atoms. The van der Waals surface area contributed by atoms with Crippen LogP contribution in [0.5, 0.6) is 17.2 Å². The lowest BCUT2D eigenvalue weighted by molar-refractivity contribution is -0.386. The highest BCUT2D eigenvalue weighted by molar-refractivity contribution is 6.02. The second kappa shape index (κ2) is 9.54. The van der Waals surface area contributed by atoms with Gasteiger partial charge in [-0.3, -0.25) is 19.7 Å². The Labute approximate surface area is 196 Å². The summed E-state index contributed by atoms with van der Waals surface area (Å²) < 4.78 is 10.7. The summed E-state index contributed by atoms with van der Waals surface area (Å²) in [7, 11) is 1.29. The van der Waals surface area contributed by atoms with Gasteiger partial charge in [0.25, 0.3) is 0 Å². The average molecular weight is 466 g/mol. The highest BCUT2D eigenvalue weighted by atomic mass is 16.6. The van der Waals surface area contributed by atoms with Gasteiger partial charge < -0.3 is 19.9 Å².